The number of carbonyl (C=O) groups is 1. The van der Waals surface area contributed by atoms with Crippen molar-refractivity contribution in [2.75, 3.05) is 6.61 Å². The highest BCUT2D eigenvalue weighted by Gasteiger charge is 2.15. The monoisotopic (exact) mass is 319 g/mol. The molecule has 0 unspecified atom stereocenters. The number of aryl methyl sites for hydroxylation is 1. The summed E-state index contributed by atoms with van der Waals surface area (Å²) in [7, 11) is 0. The number of carbonyl (C=O) groups excluding carboxylic acids is 1. The van der Waals surface area contributed by atoms with Crippen LogP contribution in [0.4, 0.5) is 0 Å². The number of rotatable bonds is 6. The normalized spacial score (nSPS) is 10.3. The summed E-state index contributed by atoms with van der Waals surface area (Å²) >= 11 is 6.19. The Labute approximate surface area is 134 Å². The highest BCUT2D eigenvalue weighted by atomic mass is 35.5. The molecular weight excluding hydrogens is 302 g/mol. The Bertz CT molecular complexity index is 668. The molecule has 116 valence electrons. The molecule has 2 rings (SSSR count). The molecule has 1 amide bonds. The van der Waals surface area contributed by atoms with Crippen LogP contribution in [0.25, 0.3) is 0 Å². The first-order valence-electron chi connectivity index (χ1n) is 6.95. The van der Waals surface area contributed by atoms with Crippen LogP contribution in [0.5, 0.6) is 11.5 Å². The molecule has 0 spiro atoms. The summed E-state index contributed by atoms with van der Waals surface area (Å²) in [5.74, 6) is 0.262. The van der Waals surface area contributed by atoms with Gasteiger partial charge in [0.2, 0.25) is 5.91 Å². The van der Waals surface area contributed by atoms with Gasteiger partial charge >= 0.3 is 0 Å². The Balaban J connectivity index is 2.25. The maximum absolute atomic E-state index is 11.3. The molecule has 2 aromatic carbocycles. The van der Waals surface area contributed by atoms with Crippen molar-refractivity contribution < 1.29 is 14.3 Å². The predicted molar refractivity (Wildman–Crippen MR) is 86.6 cm³/mol. The van der Waals surface area contributed by atoms with E-state index in [0.29, 0.717) is 29.7 Å². The van der Waals surface area contributed by atoms with Crippen LogP contribution in [0.1, 0.15) is 28.4 Å². The van der Waals surface area contributed by atoms with Crippen LogP contribution < -0.4 is 15.2 Å². The van der Waals surface area contributed by atoms with Gasteiger partial charge in [-0.2, -0.15) is 0 Å². The van der Waals surface area contributed by atoms with Gasteiger partial charge in [-0.1, -0.05) is 41.4 Å². The first kappa shape index (κ1) is 16.2. The lowest BCUT2D eigenvalue weighted by Gasteiger charge is -2.14. The van der Waals surface area contributed by atoms with Crippen molar-refractivity contribution in [3.63, 3.8) is 0 Å². The highest BCUT2D eigenvalue weighted by molar-refractivity contribution is 6.32. The zero-order valence-electron chi connectivity index (χ0n) is 12.6. The van der Waals surface area contributed by atoms with E-state index in [1.807, 2.05) is 38.1 Å². The van der Waals surface area contributed by atoms with E-state index in [0.717, 1.165) is 5.56 Å². The lowest BCUT2D eigenvalue weighted by molar-refractivity contribution is 0.0999. The Morgan fingerprint density at radius 3 is 2.45 bits per heavy atom. The van der Waals surface area contributed by atoms with Crippen LogP contribution in [0.2, 0.25) is 5.02 Å². The van der Waals surface area contributed by atoms with E-state index in [-0.39, 0.29) is 5.56 Å². The van der Waals surface area contributed by atoms with Crippen LogP contribution in [0, 0.1) is 6.92 Å². The number of primary amides is 1. The molecule has 2 N–H and O–H groups in total. The minimum absolute atomic E-state index is 0.288. The number of benzene rings is 2. The molecule has 2 aromatic rings. The second-order valence-electron chi connectivity index (χ2n) is 4.86. The second kappa shape index (κ2) is 7.18. The number of ether oxygens (including phenoxy) is 2. The molecule has 5 heteroatoms. The van der Waals surface area contributed by atoms with E-state index in [9.17, 15) is 4.79 Å². The van der Waals surface area contributed by atoms with Crippen molar-refractivity contribution in [2.45, 2.75) is 20.5 Å². The first-order valence-corrected chi connectivity index (χ1v) is 7.33. The maximum Gasteiger partial charge on any atom is 0.248 e. The zero-order valence-corrected chi connectivity index (χ0v) is 13.3. The van der Waals surface area contributed by atoms with Gasteiger partial charge in [0, 0.05) is 5.56 Å². The molecule has 4 nitrogen and oxygen atoms in total. The fourth-order valence-corrected chi connectivity index (χ4v) is 2.22. The Morgan fingerprint density at radius 1 is 1.18 bits per heavy atom. The SMILES string of the molecule is CCOc1cc(C(N)=O)cc(Cl)c1OCc1ccc(C)cc1. The second-order valence-corrected chi connectivity index (χ2v) is 5.26. The molecule has 0 aromatic heterocycles. The van der Waals surface area contributed by atoms with E-state index in [2.05, 4.69) is 0 Å². The molecule has 0 radical (unpaired) electrons. The summed E-state index contributed by atoms with van der Waals surface area (Å²) in [6, 6.07) is 11.0. The third-order valence-electron chi connectivity index (χ3n) is 3.10. The molecule has 0 aliphatic rings. The quantitative estimate of drug-likeness (QED) is 0.882. The van der Waals surface area contributed by atoms with Crippen molar-refractivity contribution in [3.8, 4) is 11.5 Å². The number of hydrogen-bond donors (Lipinski definition) is 1. The van der Waals surface area contributed by atoms with Gasteiger partial charge in [-0.15, -0.1) is 0 Å². The van der Waals surface area contributed by atoms with E-state index in [4.69, 9.17) is 26.8 Å². The van der Waals surface area contributed by atoms with E-state index < -0.39 is 5.91 Å². The molecule has 0 saturated carbocycles. The van der Waals surface area contributed by atoms with Crippen LogP contribution in [-0.4, -0.2) is 12.5 Å². The van der Waals surface area contributed by atoms with Crippen LogP contribution in [-0.2, 0) is 6.61 Å². The van der Waals surface area contributed by atoms with E-state index in [1.54, 1.807) is 6.07 Å². The molecule has 0 aliphatic heterocycles. The molecule has 0 saturated heterocycles. The molecule has 0 heterocycles. The average Bonchev–Trinajstić information content (AvgIpc) is 2.48. The van der Waals surface area contributed by atoms with Crippen molar-refractivity contribution in [1.29, 1.82) is 0 Å². The lowest BCUT2D eigenvalue weighted by atomic mass is 10.1. The summed E-state index contributed by atoms with van der Waals surface area (Å²) in [6.45, 7) is 4.65. The smallest absolute Gasteiger partial charge is 0.248 e. The molecule has 22 heavy (non-hydrogen) atoms. The number of halogens is 1. The summed E-state index contributed by atoms with van der Waals surface area (Å²) in [4.78, 5) is 11.3. The van der Waals surface area contributed by atoms with E-state index in [1.165, 1.54) is 11.6 Å². The topological polar surface area (TPSA) is 61.5 Å². The number of nitrogens with two attached hydrogens (primary N) is 1. The summed E-state index contributed by atoms with van der Waals surface area (Å²) in [5.41, 5.74) is 7.77. The van der Waals surface area contributed by atoms with Crippen molar-refractivity contribution in [2.24, 2.45) is 5.73 Å². The average molecular weight is 320 g/mol. The highest BCUT2D eigenvalue weighted by Crippen LogP contribution is 2.37. The van der Waals surface area contributed by atoms with Gasteiger partial charge in [-0.25, -0.2) is 0 Å². The Kier molecular flexibility index (Phi) is 5.28. The number of hydrogen-bond acceptors (Lipinski definition) is 3. The van der Waals surface area contributed by atoms with Gasteiger partial charge in [0.05, 0.1) is 11.6 Å². The largest absolute Gasteiger partial charge is 0.490 e. The van der Waals surface area contributed by atoms with Gasteiger partial charge in [0.1, 0.15) is 6.61 Å². The molecule has 0 bridgehead atoms. The van der Waals surface area contributed by atoms with Crippen LogP contribution in [0.3, 0.4) is 0 Å². The fourth-order valence-electron chi connectivity index (χ4n) is 1.95. The van der Waals surface area contributed by atoms with Gasteiger partial charge in [0.25, 0.3) is 0 Å². The van der Waals surface area contributed by atoms with Crippen molar-refractivity contribution >= 4 is 17.5 Å². The molecule has 0 fully saturated rings. The van der Waals surface area contributed by atoms with Gasteiger partial charge in [-0.3, -0.25) is 4.79 Å². The molecular formula is C17H18ClNO3. The first-order chi connectivity index (χ1) is 10.5. The van der Waals surface area contributed by atoms with Crippen molar-refractivity contribution in [3.05, 3.63) is 58.1 Å². The minimum Gasteiger partial charge on any atom is -0.490 e. The Hall–Kier alpha value is -2.20. The van der Waals surface area contributed by atoms with Gasteiger partial charge < -0.3 is 15.2 Å². The molecule has 0 aliphatic carbocycles. The third-order valence-corrected chi connectivity index (χ3v) is 3.38. The number of amides is 1. The Morgan fingerprint density at radius 2 is 1.86 bits per heavy atom. The minimum atomic E-state index is -0.562. The summed E-state index contributed by atoms with van der Waals surface area (Å²) in [6.07, 6.45) is 0. The lowest BCUT2D eigenvalue weighted by Crippen LogP contribution is -2.11. The summed E-state index contributed by atoms with van der Waals surface area (Å²) < 4.78 is 11.3. The van der Waals surface area contributed by atoms with E-state index >= 15 is 0 Å². The predicted octanol–water partition coefficient (Wildman–Crippen LogP) is 3.73. The third kappa shape index (κ3) is 3.92. The van der Waals surface area contributed by atoms with Crippen LogP contribution in [0.15, 0.2) is 36.4 Å². The van der Waals surface area contributed by atoms with Gasteiger partial charge in [0.15, 0.2) is 11.5 Å². The summed E-state index contributed by atoms with van der Waals surface area (Å²) in [5, 5.41) is 0.298. The standard InChI is InChI=1S/C17H18ClNO3/c1-3-21-15-9-13(17(19)20)8-14(18)16(15)22-10-12-6-4-11(2)5-7-12/h4-9H,3,10H2,1-2H3,(H2,19,20). The maximum atomic E-state index is 11.3. The van der Waals surface area contributed by atoms with Gasteiger partial charge in [-0.05, 0) is 31.5 Å². The van der Waals surface area contributed by atoms with Crippen LogP contribution >= 0.6 is 11.6 Å². The fraction of sp³-hybridized carbons (Fsp3) is 0.235. The molecule has 0 atom stereocenters. The van der Waals surface area contributed by atoms with Crippen molar-refractivity contribution in [1.82, 2.24) is 0 Å². The zero-order chi connectivity index (χ0) is 16.1.